The summed E-state index contributed by atoms with van der Waals surface area (Å²) in [4.78, 5) is 13.4. The highest BCUT2D eigenvalue weighted by Crippen LogP contribution is 2.34. The fourth-order valence-electron chi connectivity index (χ4n) is 3.64. The summed E-state index contributed by atoms with van der Waals surface area (Å²) in [6.07, 6.45) is 4.11. The van der Waals surface area contributed by atoms with Gasteiger partial charge in [-0.25, -0.2) is 4.68 Å². The smallest absolute Gasteiger partial charge is 0.286 e. The zero-order valence-corrected chi connectivity index (χ0v) is 18.9. The summed E-state index contributed by atoms with van der Waals surface area (Å²) in [5.74, 6) is -0.474. The Morgan fingerprint density at radius 3 is 2.81 bits per heavy atom. The maximum atomic E-state index is 13.4. The molecule has 1 aliphatic rings. The molecule has 2 aromatic heterocycles. The Labute approximate surface area is 184 Å². The molecule has 0 radical (unpaired) electrons. The molecule has 8 nitrogen and oxygen atoms in total. The second-order valence-corrected chi connectivity index (χ2v) is 10.0. The van der Waals surface area contributed by atoms with Crippen LogP contribution in [0.5, 0.6) is 5.75 Å². The van der Waals surface area contributed by atoms with E-state index >= 15 is 0 Å². The number of aromatic nitrogens is 1. The molecule has 3 N–H and O–H groups in total. The molecule has 4 rings (SSSR count). The standard InChI is InChI=1S/C21H24N4O4S2/c1-3-4-5-8-13(2)23-25-15-11-12-30-19(15)18(26)17(21(25)27)20-22-14-9-6-7-10-16(14)31(28,29)24-20/h6-7,9-13,23,26H,3-5,8H2,1-2H3,(H,22,24). The van der Waals surface area contributed by atoms with Gasteiger partial charge in [0.2, 0.25) is 0 Å². The van der Waals surface area contributed by atoms with Gasteiger partial charge in [-0.15, -0.1) is 15.7 Å². The molecule has 1 aromatic carbocycles. The van der Waals surface area contributed by atoms with Crippen molar-refractivity contribution in [2.24, 2.45) is 4.40 Å². The quantitative estimate of drug-likeness (QED) is 0.462. The second kappa shape index (κ2) is 8.35. The van der Waals surface area contributed by atoms with Gasteiger partial charge in [-0.1, -0.05) is 38.3 Å². The number of thiophene rings is 1. The summed E-state index contributed by atoms with van der Waals surface area (Å²) < 4.78 is 31.0. The van der Waals surface area contributed by atoms with E-state index in [0.29, 0.717) is 15.9 Å². The van der Waals surface area contributed by atoms with Crippen LogP contribution in [0.15, 0.2) is 49.8 Å². The summed E-state index contributed by atoms with van der Waals surface area (Å²) in [6, 6.07) is 8.08. The van der Waals surface area contributed by atoms with E-state index in [0.717, 1.165) is 25.7 Å². The first-order valence-electron chi connectivity index (χ1n) is 10.2. The average molecular weight is 461 g/mol. The number of fused-ring (bicyclic) bond motifs is 2. The van der Waals surface area contributed by atoms with E-state index in [4.69, 9.17) is 0 Å². The summed E-state index contributed by atoms with van der Waals surface area (Å²) >= 11 is 1.27. The second-order valence-electron chi connectivity index (χ2n) is 7.56. The van der Waals surface area contributed by atoms with Crippen LogP contribution in [0, 0.1) is 0 Å². The van der Waals surface area contributed by atoms with Crippen LogP contribution in [-0.2, 0) is 10.0 Å². The van der Waals surface area contributed by atoms with Crippen molar-refractivity contribution < 1.29 is 13.5 Å². The molecular weight excluding hydrogens is 436 g/mol. The lowest BCUT2D eigenvalue weighted by atomic mass is 10.1. The van der Waals surface area contributed by atoms with Gasteiger partial charge in [0.05, 0.1) is 15.9 Å². The minimum atomic E-state index is -4.01. The molecule has 10 heteroatoms. The largest absolute Gasteiger partial charge is 0.505 e. The van der Waals surface area contributed by atoms with E-state index in [9.17, 15) is 18.3 Å². The average Bonchev–Trinajstić information content (AvgIpc) is 3.21. The number of benzene rings is 1. The SMILES string of the molecule is CCCCCC(C)Nn1c(=O)c(C2=NS(=O)(=O)c3ccccc3N2)c(O)c2sccc21. The first kappa shape index (κ1) is 21.4. The molecule has 0 aliphatic carbocycles. The molecule has 3 heterocycles. The van der Waals surface area contributed by atoms with Gasteiger partial charge in [0, 0.05) is 6.04 Å². The predicted octanol–water partition coefficient (Wildman–Crippen LogP) is 3.84. The van der Waals surface area contributed by atoms with Crippen LogP contribution in [0.3, 0.4) is 0 Å². The van der Waals surface area contributed by atoms with Crippen molar-refractivity contribution in [1.29, 1.82) is 0 Å². The van der Waals surface area contributed by atoms with Crippen molar-refractivity contribution in [3.05, 3.63) is 51.6 Å². The number of hydrogen-bond acceptors (Lipinski definition) is 7. The minimum absolute atomic E-state index is 0.00968. The lowest BCUT2D eigenvalue weighted by molar-refractivity contribution is 0.478. The number of sulfonamides is 1. The molecular formula is C21H24N4O4S2. The van der Waals surface area contributed by atoms with Crippen LogP contribution in [0.25, 0.3) is 10.2 Å². The Morgan fingerprint density at radius 1 is 1.26 bits per heavy atom. The number of para-hydroxylation sites is 1. The van der Waals surface area contributed by atoms with E-state index in [1.54, 1.807) is 29.6 Å². The predicted molar refractivity (Wildman–Crippen MR) is 125 cm³/mol. The van der Waals surface area contributed by atoms with Gasteiger partial charge >= 0.3 is 0 Å². The zero-order valence-electron chi connectivity index (χ0n) is 17.3. The lowest BCUT2D eigenvalue weighted by Crippen LogP contribution is -2.39. The summed E-state index contributed by atoms with van der Waals surface area (Å²) in [7, 11) is -4.01. The molecule has 3 aromatic rings. The van der Waals surface area contributed by atoms with Crippen molar-refractivity contribution in [1.82, 2.24) is 4.68 Å². The topological polar surface area (TPSA) is 113 Å². The van der Waals surface area contributed by atoms with Gasteiger partial charge in [0.25, 0.3) is 15.6 Å². The highest BCUT2D eigenvalue weighted by Gasteiger charge is 2.30. The van der Waals surface area contributed by atoms with E-state index < -0.39 is 15.6 Å². The van der Waals surface area contributed by atoms with E-state index in [-0.39, 0.29) is 28.1 Å². The summed E-state index contributed by atoms with van der Waals surface area (Å²) in [6.45, 7) is 4.12. The molecule has 1 atom stereocenters. The van der Waals surface area contributed by atoms with E-state index in [1.165, 1.54) is 22.1 Å². The minimum Gasteiger partial charge on any atom is -0.505 e. The highest BCUT2D eigenvalue weighted by atomic mass is 32.2. The van der Waals surface area contributed by atoms with Crippen LogP contribution >= 0.6 is 11.3 Å². The van der Waals surface area contributed by atoms with Crippen molar-refractivity contribution in [3.63, 3.8) is 0 Å². The Bertz CT molecular complexity index is 1320. The third-order valence-corrected chi connectivity index (χ3v) is 7.46. The van der Waals surface area contributed by atoms with E-state index in [1.807, 2.05) is 6.92 Å². The van der Waals surface area contributed by atoms with E-state index in [2.05, 4.69) is 22.1 Å². The highest BCUT2D eigenvalue weighted by molar-refractivity contribution is 7.90. The van der Waals surface area contributed by atoms with Crippen molar-refractivity contribution in [3.8, 4) is 5.75 Å². The maximum absolute atomic E-state index is 13.4. The van der Waals surface area contributed by atoms with Gasteiger partial charge in [-0.05, 0) is 36.9 Å². The molecule has 0 saturated carbocycles. The van der Waals surface area contributed by atoms with Crippen molar-refractivity contribution >= 4 is 43.1 Å². The van der Waals surface area contributed by atoms with Crippen LogP contribution in [-0.4, -0.2) is 30.1 Å². The van der Waals surface area contributed by atoms with Crippen LogP contribution in [0.2, 0.25) is 0 Å². The van der Waals surface area contributed by atoms with Crippen LogP contribution in [0.4, 0.5) is 5.69 Å². The van der Waals surface area contributed by atoms with Gasteiger partial charge in [0.1, 0.15) is 10.5 Å². The van der Waals surface area contributed by atoms with Gasteiger partial charge in [-0.3, -0.25) is 4.79 Å². The number of unbranched alkanes of at least 4 members (excludes halogenated alkanes) is 2. The number of aromatic hydroxyl groups is 1. The Hall–Kier alpha value is -2.85. The third kappa shape index (κ3) is 3.92. The summed E-state index contributed by atoms with van der Waals surface area (Å²) in [5, 5.41) is 15.6. The third-order valence-electron chi connectivity index (χ3n) is 5.21. The zero-order chi connectivity index (χ0) is 22.2. The first-order chi connectivity index (χ1) is 14.8. The molecule has 31 heavy (non-hydrogen) atoms. The van der Waals surface area contributed by atoms with Gasteiger partial charge < -0.3 is 15.8 Å². The molecule has 0 saturated heterocycles. The molecule has 0 bridgehead atoms. The Kier molecular flexibility index (Phi) is 5.76. The molecule has 164 valence electrons. The monoisotopic (exact) mass is 460 g/mol. The fourth-order valence-corrected chi connectivity index (χ4v) is 5.59. The Morgan fingerprint density at radius 2 is 2.03 bits per heavy atom. The van der Waals surface area contributed by atoms with Crippen LogP contribution < -0.4 is 16.3 Å². The summed E-state index contributed by atoms with van der Waals surface area (Å²) in [5.41, 5.74) is 3.32. The number of rotatable bonds is 7. The Balaban J connectivity index is 1.83. The molecule has 0 spiro atoms. The van der Waals surface area contributed by atoms with Crippen molar-refractivity contribution in [2.75, 3.05) is 10.7 Å². The number of nitrogens with one attached hydrogen (secondary N) is 2. The number of amidine groups is 1. The number of nitrogens with zero attached hydrogens (tertiary/aromatic N) is 2. The maximum Gasteiger partial charge on any atom is 0.286 e. The number of hydrogen-bond donors (Lipinski definition) is 3. The van der Waals surface area contributed by atoms with Crippen molar-refractivity contribution in [2.45, 2.75) is 50.5 Å². The molecule has 0 amide bonds. The van der Waals surface area contributed by atoms with Gasteiger partial charge in [0.15, 0.2) is 11.6 Å². The van der Waals surface area contributed by atoms with Gasteiger partial charge in [-0.2, -0.15) is 8.42 Å². The first-order valence-corrected chi connectivity index (χ1v) is 12.5. The lowest BCUT2D eigenvalue weighted by Gasteiger charge is -2.22. The molecule has 1 aliphatic heterocycles. The molecule has 0 fully saturated rings. The normalized spacial score (nSPS) is 15.7. The number of anilines is 1. The molecule has 1 unspecified atom stereocenters. The number of pyridine rings is 1. The fraction of sp³-hybridized carbons (Fsp3) is 0.333. The van der Waals surface area contributed by atoms with Crippen LogP contribution in [0.1, 0.15) is 45.1 Å².